The third kappa shape index (κ3) is 32.9. The van der Waals surface area contributed by atoms with E-state index < -0.39 is 138 Å². The molecule has 1 aromatic carbocycles. The summed E-state index contributed by atoms with van der Waals surface area (Å²) in [4.78, 5) is 159. The zero-order valence-electron chi connectivity index (χ0n) is 52.5. The predicted molar refractivity (Wildman–Crippen MR) is 334 cm³/mol. The number of amides is 5. The molecule has 20 N–H and O–H groups in total. The fourth-order valence-electron chi connectivity index (χ4n) is 10.0. The molecule has 5 amide bonds. The van der Waals surface area contributed by atoms with Gasteiger partial charge in [0.05, 0.1) is 42.5 Å². The Morgan fingerprint density at radius 1 is 0.460 bits per heavy atom. The van der Waals surface area contributed by atoms with Crippen molar-refractivity contribution in [3.05, 3.63) is 35.9 Å². The van der Waals surface area contributed by atoms with Crippen LogP contribution in [0.5, 0.6) is 0 Å². The van der Waals surface area contributed by atoms with Crippen LogP contribution in [0.3, 0.4) is 0 Å². The van der Waals surface area contributed by atoms with Crippen LogP contribution in [0.15, 0.2) is 40.3 Å². The summed E-state index contributed by atoms with van der Waals surface area (Å²) in [5, 5.41) is 24.0. The van der Waals surface area contributed by atoms with Gasteiger partial charge in [-0.15, -0.1) is 0 Å². The molecule has 26 nitrogen and oxygen atoms in total. The van der Waals surface area contributed by atoms with E-state index in [1.54, 1.807) is 44.3 Å². The fourth-order valence-corrected chi connectivity index (χ4v) is 10.0. The summed E-state index contributed by atoms with van der Waals surface area (Å²) < 4.78 is 0. The van der Waals surface area contributed by atoms with Crippen molar-refractivity contribution in [2.24, 2.45) is 91.5 Å². The highest BCUT2D eigenvalue weighted by molar-refractivity contribution is 5.99. The molecular formula is C61H104N14O12. The molecule has 1 rings (SSSR count). The number of carboxylic acid groups (broad SMARTS) is 1. The Labute approximate surface area is 513 Å². The number of rotatable bonds is 49. The number of hydrogen-bond acceptors (Lipinski definition) is 16. The normalized spacial score (nSPS) is 14.7. The van der Waals surface area contributed by atoms with Gasteiger partial charge in [-0.3, -0.25) is 62.7 Å². The summed E-state index contributed by atoms with van der Waals surface area (Å²) in [6.07, 6.45) is 0.781. The number of aliphatic carboxylic acids is 1. The lowest BCUT2D eigenvalue weighted by atomic mass is 9.88. The van der Waals surface area contributed by atoms with Gasteiger partial charge >= 0.3 is 5.97 Å². The molecule has 0 aromatic heterocycles. The summed E-state index contributed by atoms with van der Waals surface area (Å²) >= 11 is 0. The quantitative estimate of drug-likeness (QED) is 0.0247. The van der Waals surface area contributed by atoms with Crippen LogP contribution in [0.4, 0.5) is 0 Å². The van der Waals surface area contributed by atoms with Gasteiger partial charge in [-0.05, 0) is 115 Å². The van der Waals surface area contributed by atoms with Gasteiger partial charge in [0.25, 0.3) is 0 Å². The first-order chi connectivity index (χ1) is 41.0. The zero-order valence-corrected chi connectivity index (χ0v) is 52.5. The summed E-state index contributed by atoms with van der Waals surface area (Å²) in [7, 11) is 1.67. The number of guanidine groups is 2. The average Bonchev–Trinajstić information content (AvgIpc) is 3.59. The lowest BCUT2D eigenvalue weighted by Gasteiger charge is -2.27. The van der Waals surface area contributed by atoms with Crippen LogP contribution in [-0.4, -0.2) is 145 Å². The highest BCUT2D eigenvalue weighted by Gasteiger charge is 2.36. The van der Waals surface area contributed by atoms with Crippen LogP contribution in [0, 0.1) is 41.4 Å². The van der Waals surface area contributed by atoms with Gasteiger partial charge in [-0.1, -0.05) is 77.8 Å². The van der Waals surface area contributed by atoms with Crippen molar-refractivity contribution in [2.45, 2.75) is 194 Å². The van der Waals surface area contributed by atoms with Crippen LogP contribution in [-0.2, 0) is 59.2 Å². The number of aliphatic imine (C=N–C) groups is 2. The Balaban J connectivity index is 3.64. The number of carbonyl (C=O) groups is 11. The summed E-state index contributed by atoms with van der Waals surface area (Å²) in [5.41, 5.74) is 39.8. The third-order valence-electron chi connectivity index (χ3n) is 15.0. The van der Waals surface area contributed by atoms with E-state index in [-0.39, 0.29) is 113 Å². The molecule has 0 saturated carbocycles. The largest absolute Gasteiger partial charge is 0.481 e. The second-order valence-corrected chi connectivity index (χ2v) is 23.7. The highest BCUT2D eigenvalue weighted by atomic mass is 16.4. The lowest BCUT2D eigenvalue weighted by Crippen LogP contribution is -2.49. The van der Waals surface area contributed by atoms with Crippen LogP contribution >= 0.6 is 0 Å². The molecule has 490 valence electrons. The zero-order chi connectivity index (χ0) is 65.8. The number of nitrogens with zero attached hydrogens (tertiary/aromatic N) is 2. The first-order valence-corrected chi connectivity index (χ1v) is 30.6. The Kier molecular flexibility index (Phi) is 38.1. The predicted octanol–water partition coefficient (Wildman–Crippen LogP) is 1.09. The van der Waals surface area contributed by atoms with Gasteiger partial charge in [-0.25, -0.2) is 0 Å². The number of nitrogens with one attached hydrogen (secondary N) is 5. The number of likely N-dealkylation sites (N-methyl/N-ethyl adjacent to an activating group) is 1. The monoisotopic (exact) mass is 1220 g/mol. The topological polar surface area (TPSA) is 475 Å². The van der Waals surface area contributed by atoms with E-state index >= 15 is 0 Å². The standard InChI is InChI=1S/C61H104N14O12/c1-36(2)27-46(69-7)50(77)29-38(5)56(84)74-47(28-37(3)4)53(80)34-44(35-54(81)82)59(87)75-48(30-40-17-9-8-10-18-40)52(79)33-43(20-12-14-24-63)58(86)73-45(22-16-26-71-61(67)68)51(78)32-42(19-11-13-23-62)57(85)72-39(6)49(76)31-41(55(64)83)21-15-25-70-60(65)66/h8-10,17-18,36-39,41-48,69H,11-16,19-35,62-63H2,1-7H3,(H2,64,83)(H,72,85)(H,73,86)(H,74,84)(H,75,87)(H,81,82)(H4,65,66,70)(H4,67,68,71)/t38-,39+,41-,42-,43-,44+,45+,46+,47+,48+/m1/s1. The summed E-state index contributed by atoms with van der Waals surface area (Å²) in [6, 6.07) is 3.34. The number of carboxylic acids is 1. The molecule has 26 heteroatoms. The molecule has 87 heavy (non-hydrogen) atoms. The Morgan fingerprint density at radius 2 is 0.885 bits per heavy atom. The van der Waals surface area contributed by atoms with E-state index in [2.05, 4.69) is 36.6 Å². The van der Waals surface area contributed by atoms with E-state index in [1.807, 2.05) is 27.7 Å². The van der Waals surface area contributed by atoms with E-state index in [0.717, 1.165) is 0 Å². The number of Topliss-reactive ketones (excluding diaryl/α,β-unsaturated/α-hetero) is 5. The lowest BCUT2D eigenvalue weighted by molar-refractivity contribution is -0.143. The summed E-state index contributed by atoms with van der Waals surface area (Å²) in [5.74, 6) is -12.9. The number of ketones is 5. The van der Waals surface area contributed by atoms with Crippen molar-refractivity contribution >= 4 is 76.3 Å². The molecule has 0 aliphatic rings. The van der Waals surface area contributed by atoms with Gasteiger partial charge in [0.2, 0.25) is 29.5 Å². The van der Waals surface area contributed by atoms with Crippen molar-refractivity contribution in [3.8, 4) is 0 Å². The third-order valence-corrected chi connectivity index (χ3v) is 15.0. The molecule has 1 aromatic rings. The van der Waals surface area contributed by atoms with Gasteiger partial charge < -0.3 is 71.8 Å². The Bertz CT molecular complexity index is 2430. The van der Waals surface area contributed by atoms with Crippen molar-refractivity contribution in [2.75, 3.05) is 33.2 Å². The number of nitrogens with two attached hydrogens (primary N) is 7. The maximum absolute atomic E-state index is 14.8. The van der Waals surface area contributed by atoms with Crippen molar-refractivity contribution in [3.63, 3.8) is 0 Å². The van der Waals surface area contributed by atoms with Crippen LogP contribution in [0.2, 0.25) is 0 Å². The van der Waals surface area contributed by atoms with Crippen LogP contribution < -0.4 is 66.7 Å². The maximum atomic E-state index is 14.8. The molecule has 10 atom stereocenters. The molecule has 0 bridgehead atoms. The average molecular weight is 1230 g/mol. The minimum atomic E-state index is -1.51. The molecule has 0 spiro atoms. The van der Waals surface area contributed by atoms with Crippen molar-refractivity contribution in [1.82, 2.24) is 26.6 Å². The van der Waals surface area contributed by atoms with Crippen LogP contribution in [0.1, 0.15) is 163 Å². The number of benzene rings is 1. The van der Waals surface area contributed by atoms with E-state index in [0.29, 0.717) is 50.6 Å². The van der Waals surface area contributed by atoms with Gasteiger partial charge in [0, 0.05) is 68.9 Å². The second kappa shape index (κ2) is 42.6. The molecule has 0 heterocycles. The molecular weight excluding hydrogens is 1120 g/mol. The van der Waals surface area contributed by atoms with Gasteiger partial charge in [0.1, 0.15) is 0 Å². The molecule has 0 radical (unpaired) electrons. The molecule has 0 unspecified atom stereocenters. The SMILES string of the molecule is CN[C@@H](CC(C)C)C(=O)C[C@@H](C)C(=O)N[C@@H](CC(C)C)C(=O)C[C@@H](CC(=O)O)C(=O)N[C@@H](Cc1ccccc1)C(=O)C[C@@H](CCCCN)C(=O)N[C@@H](CCCN=C(N)N)C(=O)C[C@@H](CCCCN)C(=O)N[C@@H](C)C(=O)C[C@@H](CCCN=C(N)N)C(N)=O. The van der Waals surface area contributed by atoms with Gasteiger partial charge in [0.15, 0.2) is 40.8 Å². The number of carbonyl (C=O) groups excluding carboxylic acids is 10. The number of primary amides is 1. The van der Waals surface area contributed by atoms with Crippen molar-refractivity contribution in [1.29, 1.82) is 0 Å². The fraction of sp³-hybridized carbons (Fsp3) is 0.689. The van der Waals surface area contributed by atoms with E-state index in [1.165, 1.54) is 6.92 Å². The van der Waals surface area contributed by atoms with Crippen LogP contribution in [0.25, 0.3) is 0 Å². The summed E-state index contributed by atoms with van der Waals surface area (Å²) in [6.45, 7) is 11.5. The minimum absolute atomic E-state index is 0.000847. The first kappa shape index (κ1) is 77.8. The molecule has 0 saturated heterocycles. The van der Waals surface area contributed by atoms with E-state index in [4.69, 9.17) is 40.1 Å². The van der Waals surface area contributed by atoms with E-state index in [9.17, 15) is 57.8 Å². The minimum Gasteiger partial charge on any atom is -0.481 e. The number of hydrogen-bond donors (Lipinski definition) is 13. The Morgan fingerprint density at radius 3 is 1.38 bits per heavy atom. The number of unbranched alkanes of at least 4 members (excludes halogenated alkanes) is 2. The van der Waals surface area contributed by atoms with Crippen molar-refractivity contribution < 1.29 is 57.8 Å². The molecule has 0 fully saturated rings. The maximum Gasteiger partial charge on any atom is 0.304 e. The highest BCUT2D eigenvalue weighted by Crippen LogP contribution is 2.23. The first-order valence-electron chi connectivity index (χ1n) is 30.6. The van der Waals surface area contributed by atoms with Gasteiger partial charge in [-0.2, -0.15) is 0 Å². The second-order valence-electron chi connectivity index (χ2n) is 23.7. The Hall–Kier alpha value is -7.19. The molecule has 0 aliphatic heterocycles. The molecule has 0 aliphatic carbocycles. The smallest absolute Gasteiger partial charge is 0.304 e.